The molecule has 1 N–H and O–H groups in total. The summed E-state index contributed by atoms with van der Waals surface area (Å²) in [7, 11) is 1.41. The van der Waals surface area contributed by atoms with Crippen LogP contribution in [-0.2, 0) is 0 Å². The van der Waals surface area contributed by atoms with E-state index in [-0.39, 0.29) is 23.9 Å². The summed E-state index contributed by atoms with van der Waals surface area (Å²) in [5, 5.41) is 20.0. The second-order valence-electron chi connectivity index (χ2n) is 3.21. The maximum Gasteiger partial charge on any atom is 0.314 e. The van der Waals surface area contributed by atoms with Gasteiger partial charge in [0.2, 0.25) is 0 Å². The van der Waals surface area contributed by atoms with E-state index in [9.17, 15) is 15.2 Å². The molecule has 0 heterocycles. The number of aliphatic hydroxyl groups is 1. The molecule has 0 amide bonds. The molecule has 0 aromatic heterocycles. The van der Waals surface area contributed by atoms with Gasteiger partial charge in [-0.15, -0.1) is 11.6 Å². The van der Waals surface area contributed by atoms with Crippen molar-refractivity contribution in [3.63, 3.8) is 0 Å². The number of ether oxygens (including phenoxy) is 2. The normalized spacial score (nSPS) is 11.9. The molecule has 7 heteroatoms. The van der Waals surface area contributed by atoms with Gasteiger partial charge in [-0.1, -0.05) is 0 Å². The molecule has 0 saturated carbocycles. The molecular formula is C10H12ClNO5. The van der Waals surface area contributed by atoms with Gasteiger partial charge in [-0.25, -0.2) is 0 Å². The molecule has 17 heavy (non-hydrogen) atoms. The molecule has 1 aromatic carbocycles. The van der Waals surface area contributed by atoms with E-state index in [4.69, 9.17) is 21.1 Å². The van der Waals surface area contributed by atoms with Crippen LogP contribution in [0.2, 0.25) is 0 Å². The van der Waals surface area contributed by atoms with Gasteiger partial charge in [-0.05, 0) is 12.1 Å². The lowest BCUT2D eigenvalue weighted by Gasteiger charge is -2.10. The number of nitrogens with zero attached hydrogens (tertiary/aromatic N) is 1. The molecule has 6 nitrogen and oxygen atoms in total. The minimum atomic E-state index is -0.863. The molecular weight excluding hydrogens is 250 g/mol. The number of methoxy groups -OCH3 is 1. The summed E-state index contributed by atoms with van der Waals surface area (Å²) in [4.78, 5) is 10.2. The molecule has 0 spiro atoms. The van der Waals surface area contributed by atoms with Gasteiger partial charge in [0.1, 0.15) is 18.5 Å². The quantitative estimate of drug-likeness (QED) is 0.478. The van der Waals surface area contributed by atoms with Gasteiger partial charge in [-0.2, -0.15) is 0 Å². The Balaban J connectivity index is 2.87. The maximum atomic E-state index is 10.8. The van der Waals surface area contributed by atoms with Gasteiger partial charge in [-0.3, -0.25) is 10.1 Å². The van der Waals surface area contributed by atoms with E-state index in [0.717, 1.165) is 0 Å². The molecule has 0 aliphatic heterocycles. The average Bonchev–Trinajstić information content (AvgIpc) is 2.35. The fourth-order valence-electron chi connectivity index (χ4n) is 1.12. The Bertz CT molecular complexity index is 398. The summed E-state index contributed by atoms with van der Waals surface area (Å²) in [5.41, 5.74) is -0.217. The molecule has 0 aliphatic rings. The van der Waals surface area contributed by atoms with Crippen LogP contribution < -0.4 is 9.47 Å². The van der Waals surface area contributed by atoms with Crippen molar-refractivity contribution in [3.05, 3.63) is 28.3 Å². The molecule has 0 bridgehead atoms. The van der Waals surface area contributed by atoms with Crippen LogP contribution >= 0.6 is 11.6 Å². The van der Waals surface area contributed by atoms with Gasteiger partial charge < -0.3 is 14.6 Å². The SMILES string of the molecule is COc1ccc(OCC(O)CCl)c([N+](=O)[O-])c1. The Hall–Kier alpha value is -1.53. The highest BCUT2D eigenvalue weighted by atomic mass is 35.5. The number of nitro benzene ring substituents is 1. The Morgan fingerprint density at radius 1 is 1.59 bits per heavy atom. The van der Waals surface area contributed by atoms with Crippen LogP contribution in [0.15, 0.2) is 18.2 Å². The van der Waals surface area contributed by atoms with Crippen molar-refractivity contribution in [2.24, 2.45) is 0 Å². The standard InChI is InChI=1S/C10H12ClNO5/c1-16-8-2-3-10(9(4-8)12(14)15)17-6-7(13)5-11/h2-4,7,13H,5-6H2,1H3. The third-order valence-corrected chi connectivity index (χ3v) is 2.33. The number of benzene rings is 1. The summed E-state index contributed by atoms with van der Waals surface area (Å²) >= 11 is 5.38. The highest BCUT2D eigenvalue weighted by Gasteiger charge is 2.17. The number of alkyl halides is 1. The smallest absolute Gasteiger partial charge is 0.314 e. The van der Waals surface area contributed by atoms with Crippen molar-refractivity contribution in [3.8, 4) is 11.5 Å². The maximum absolute atomic E-state index is 10.8. The lowest BCUT2D eigenvalue weighted by atomic mass is 10.3. The highest BCUT2D eigenvalue weighted by molar-refractivity contribution is 6.18. The molecule has 1 unspecified atom stereocenters. The Kier molecular flexibility index (Phi) is 4.99. The van der Waals surface area contributed by atoms with Crippen molar-refractivity contribution in [1.82, 2.24) is 0 Å². The first-order valence-corrected chi connectivity index (χ1v) is 5.31. The summed E-state index contributed by atoms with van der Waals surface area (Å²) in [6, 6.07) is 4.20. The molecule has 0 radical (unpaired) electrons. The van der Waals surface area contributed by atoms with Crippen LogP contribution in [0.4, 0.5) is 5.69 Å². The number of hydrogen-bond donors (Lipinski definition) is 1. The van der Waals surface area contributed by atoms with Crippen LogP contribution in [0, 0.1) is 10.1 Å². The van der Waals surface area contributed by atoms with E-state index in [1.807, 2.05) is 0 Å². The number of nitro groups is 1. The molecule has 0 saturated heterocycles. The first kappa shape index (κ1) is 13.5. The Morgan fingerprint density at radius 3 is 2.82 bits per heavy atom. The lowest BCUT2D eigenvalue weighted by Crippen LogP contribution is -2.19. The Labute approximate surface area is 103 Å². The van der Waals surface area contributed by atoms with E-state index in [1.165, 1.54) is 25.3 Å². The molecule has 1 atom stereocenters. The topological polar surface area (TPSA) is 81.8 Å². The van der Waals surface area contributed by atoms with Crippen LogP contribution in [-0.4, -0.2) is 35.7 Å². The second kappa shape index (κ2) is 6.27. The zero-order valence-electron chi connectivity index (χ0n) is 9.13. The minimum absolute atomic E-state index is 0.00392. The largest absolute Gasteiger partial charge is 0.496 e. The second-order valence-corrected chi connectivity index (χ2v) is 3.52. The molecule has 94 valence electrons. The number of aliphatic hydroxyl groups excluding tert-OH is 1. The fraction of sp³-hybridized carbons (Fsp3) is 0.400. The highest BCUT2D eigenvalue weighted by Crippen LogP contribution is 2.31. The van der Waals surface area contributed by atoms with E-state index in [2.05, 4.69) is 0 Å². The summed E-state index contributed by atoms with van der Waals surface area (Å²) in [6.07, 6.45) is -0.863. The van der Waals surface area contributed by atoms with Crippen LogP contribution in [0.5, 0.6) is 11.5 Å². The summed E-state index contributed by atoms with van der Waals surface area (Å²) in [5.74, 6) is 0.436. The van der Waals surface area contributed by atoms with Crippen molar-refractivity contribution in [1.29, 1.82) is 0 Å². The first-order valence-electron chi connectivity index (χ1n) is 4.77. The van der Waals surface area contributed by atoms with Crippen molar-refractivity contribution in [2.75, 3.05) is 19.6 Å². The van der Waals surface area contributed by atoms with Crippen molar-refractivity contribution < 1.29 is 19.5 Å². The fourth-order valence-corrected chi connectivity index (χ4v) is 1.21. The number of halogens is 1. The summed E-state index contributed by atoms with van der Waals surface area (Å²) in [6.45, 7) is -0.101. The minimum Gasteiger partial charge on any atom is -0.496 e. The van der Waals surface area contributed by atoms with Gasteiger partial charge in [0, 0.05) is 0 Å². The van der Waals surface area contributed by atoms with E-state index in [1.54, 1.807) is 0 Å². The van der Waals surface area contributed by atoms with Gasteiger partial charge in [0.25, 0.3) is 0 Å². The number of hydrogen-bond acceptors (Lipinski definition) is 5. The molecule has 0 fully saturated rings. The van der Waals surface area contributed by atoms with E-state index >= 15 is 0 Å². The van der Waals surface area contributed by atoms with Crippen molar-refractivity contribution in [2.45, 2.75) is 6.10 Å². The van der Waals surface area contributed by atoms with Crippen LogP contribution in [0.1, 0.15) is 0 Å². The predicted octanol–water partition coefficient (Wildman–Crippen LogP) is 1.58. The van der Waals surface area contributed by atoms with E-state index in [0.29, 0.717) is 5.75 Å². The zero-order chi connectivity index (χ0) is 12.8. The van der Waals surface area contributed by atoms with Crippen LogP contribution in [0.25, 0.3) is 0 Å². The Morgan fingerprint density at radius 2 is 2.29 bits per heavy atom. The van der Waals surface area contributed by atoms with Gasteiger partial charge in [0.15, 0.2) is 5.75 Å². The molecule has 1 aromatic rings. The van der Waals surface area contributed by atoms with Gasteiger partial charge in [0.05, 0.1) is 24.0 Å². The van der Waals surface area contributed by atoms with Gasteiger partial charge >= 0.3 is 5.69 Å². The number of rotatable bonds is 6. The van der Waals surface area contributed by atoms with Crippen molar-refractivity contribution >= 4 is 17.3 Å². The molecule has 0 aliphatic carbocycles. The third kappa shape index (κ3) is 3.76. The summed E-state index contributed by atoms with van der Waals surface area (Å²) < 4.78 is 10.00. The van der Waals surface area contributed by atoms with E-state index < -0.39 is 11.0 Å². The van der Waals surface area contributed by atoms with Crippen LogP contribution in [0.3, 0.4) is 0 Å². The first-order chi connectivity index (χ1) is 8.08. The monoisotopic (exact) mass is 261 g/mol. The third-order valence-electron chi connectivity index (χ3n) is 1.97. The average molecular weight is 262 g/mol. The lowest BCUT2D eigenvalue weighted by molar-refractivity contribution is -0.386. The molecule has 1 rings (SSSR count). The zero-order valence-corrected chi connectivity index (χ0v) is 9.88. The predicted molar refractivity (Wildman–Crippen MR) is 61.9 cm³/mol.